The highest BCUT2D eigenvalue weighted by Gasteiger charge is 2.53. The van der Waals surface area contributed by atoms with Gasteiger partial charge in [0.05, 0.1) is 0 Å². The molecule has 2 aliphatic heterocycles. The zero-order chi connectivity index (χ0) is 17.5. The summed E-state index contributed by atoms with van der Waals surface area (Å²) in [7, 11) is 0. The van der Waals surface area contributed by atoms with Crippen LogP contribution in [0.5, 0.6) is 0 Å². The first-order chi connectivity index (χ1) is 10.6. The molecule has 1 saturated heterocycles. The minimum absolute atomic E-state index is 0.0362. The minimum Gasteiger partial charge on any atom is -0.451 e. The summed E-state index contributed by atoms with van der Waals surface area (Å²) in [4.78, 5) is 38.5. The molecule has 2 N–H and O–H groups in total. The number of amides is 1. The van der Waals surface area contributed by atoms with E-state index in [0.717, 1.165) is 0 Å². The molecule has 126 valence electrons. The second-order valence-electron chi connectivity index (χ2n) is 6.48. The van der Waals surface area contributed by atoms with E-state index < -0.39 is 17.6 Å². The van der Waals surface area contributed by atoms with Crippen molar-refractivity contribution in [2.75, 3.05) is 5.75 Å². The van der Waals surface area contributed by atoms with E-state index in [1.54, 1.807) is 27.7 Å². The summed E-state index contributed by atoms with van der Waals surface area (Å²) in [6.07, 6.45) is 1.49. The fourth-order valence-corrected chi connectivity index (χ4v) is 3.67. The summed E-state index contributed by atoms with van der Waals surface area (Å²) in [5.41, 5.74) is 5.25. The summed E-state index contributed by atoms with van der Waals surface area (Å²) in [6.45, 7) is 10.5. The molecular formula is C16H22N2O4S. The summed E-state index contributed by atoms with van der Waals surface area (Å²) >= 11 is 1.40. The molecule has 2 aliphatic rings. The predicted octanol–water partition coefficient (Wildman–Crippen LogP) is 1.22. The first kappa shape index (κ1) is 17.7. The summed E-state index contributed by atoms with van der Waals surface area (Å²) in [5, 5.41) is -0.319. The highest BCUT2D eigenvalue weighted by Crippen LogP contribution is 2.40. The largest absolute Gasteiger partial charge is 0.451 e. The van der Waals surface area contributed by atoms with Crippen molar-refractivity contribution in [3.8, 4) is 0 Å². The number of carbonyl (C=O) groups is 3. The van der Waals surface area contributed by atoms with Crippen molar-refractivity contribution in [2.45, 2.75) is 44.7 Å². The van der Waals surface area contributed by atoms with Crippen LogP contribution in [0.1, 0.15) is 27.7 Å². The third-order valence-electron chi connectivity index (χ3n) is 3.87. The van der Waals surface area contributed by atoms with Gasteiger partial charge in [-0.25, -0.2) is 4.79 Å². The third kappa shape index (κ3) is 3.07. The molecule has 0 radical (unpaired) electrons. The molecule has 1 fully saturated rings. The van der Waals surface area contributed by atoms with Gasteiger partial charge in [-0.05, 0) is 19.9 Å². The first-order valence-corrected chi connectivity index (χ1v) is 8.50. The maximum Gasteiger partial charge on any atom is 0.356 e. The Morgan fingerprint density at radius 1 is 1.48 bits per heavy atom. The molecule has 2 heterocycles. The van der Waals surface area contributed by atoms with Gasteiger partial charge in [0.25, 0.3) is 0 Å². The second-order valence-corrected chi connectivity index (χ2v) is 7.58. The van der Waals surface area contributed by atoms with Crippen molar-refractivity contribution < 1.29 is 19.1 Å². The maximum atomic E-state index is 12.6. The molecule has 0 spiro atoms. The Balaban J connectivity index is 2.44. The van der Waals surface area contributed by atoms with E-state index in [9.17, 15) is 14.4 Å². The van der Waals surface area contributed by atoms with Gasteiger partial charge in [-0.1, -0.05) is 20.4 Å². The van der Waals surface area contributed by atoms with Gasteiger partial charge >= 0.3 is 5.97 Å². The number of ketones is 1. The van der Waals surface area contributed by atoms with Crippen LogP contribution in [0.3, 0.4) is 0 Å². The second kappa shape index (κ2) is 6.13. The van der Waals surface area contributed by atoms with Gasteiger partial charge in [-0.2, -0.15) is 0 Å². The number of hydrogen-bond donors (Lipinski definition) is 1. The number of Topliss-reactive ketones (excluding diaryl/α,β-unsaturated/α-hetero) is 1. The fraction of sp³-hybridized carbons (Fsp3) is 0.562. The van der Waals surface area contributed by atoms with Gasteiger partial charge in [-0.15, -0.1) is 11.8 Å². The Kier molecular flexibility index (Phi) is 4.73. The van der Waals surface area contributed by atoms with Gasteiger partial charge in [0, 0.05) is 17.2 Å². The van der Waals surface area contributed by atoms with Crippen molar-refractivity contribution in [3.63, 3.8) is 0 Å². The topological polar surface area (TPSA) is 89.7 Å². The number of β-lactam (4-membered cyclic amide) rings is 1. The Morgan fingerprint density at radius 2 is 2.09 bits per heavy atom. The van der Waals surface area contributed by atoms with Gasteiger partial charge in [0.15, 0.2) is 5.78 Å². The van der Waals surface area contributed by atoms with E-state index in [4.69, 9.17) is 10.5 Å². The monoisotopic (exact) mass is 338 g/mol. The number of rotatable bonds is 5. The number of nitrogens with zero attached hydrogens (tertiary/aromatic N) is 1. The predicted molar refractivity (Wildman–Crippen MR) is 88.3 cm³/mol. The number of fused-ring (bicyclic) bond motifs is 1. The van der Waals surface area contributed by atoms with Crippen molar-refractivity contribution in [2.24, 2.45) is 11.7 Å². The average Bonchev–Trinajstić information content (AvgIpc) is 2.51. The molecular weight excluding hydrogens is 316 g/mol. The molecule has 6 nitrogen and oxygen atoms in total. The number of hydrogen-bond acceptors (Lipinski definition) is 6. The van der Waals surface area contributed by atoms with E-state index in [-0.39, 0.29) is 28.7 Å². The number of thioether (sulfide) groups is 1. The number of ether oxygens (including phenoxy) is 1. The summed E-state index contributed by atoms with van der Waals surface area (Å²) < 4.78 is 5.41. The molecule has 0 aromatic carbocycles. The van der Waals surface area contributed by atoms with Gasteiger partial charge in [0.2, 0.25) is 5.91 Å². The van der Waals surface area contributed by atoms with Crippen LogP contribution in [-0.2, 0) is 19.1 Å². The average molecular weight is 338 g/mol. The molecule has 1 amide bonds. The van der Waals surface area contributed by atoms with Gasteiger partial charge in [0.1, 0.15) is 22.7 Å². The highest BCUT2D eigenvalue weighted by molar-refractivity contribution is 8.00. The molecule has 0 aliphatic carbocycles. The van der Waals surface area contributed by atoms with Crippen LogP contribution in [-0.4, -0.2) is 45.3 Å². The van der Waals surface area contributed by atoms with Gasteiger partial charge in [-0.3, -0.25) is 14.5 Å². The van der Waals surface area contributed by atoms with E-state index in [1.165, 1.54) is 22.7 Å². The molecule has 2 atom stereocenters. The molecule has 1 unspecified atom stereocenters. The Labute approximate surface area is 140 Å². The van der Waals surface area contributed by atoms with Crippen LogP contribution in [0.25, 0.3) is 0 Å². The Morgan fingerprint density at radius 3 is 2.61 bits per heavy atom. The molecule has 23 heavy (non-hydrogen) atoms. The summed E-state index contributed by atoms with van der Waals surface area (Å²) in [6, 6.07) is -0.647. The number of esters is 1. The lowest BCUT2D eigenvalue weighted by Crippen LogP contribution is -2.68. The first-order valence-electron chi connectivity index (χ1n) is 7.45. The molecule has 7 heteroatoms. The highest BCUT2D eigenvalue weighted by atomic mass is 32.2. The third-order valence-corrected chi connectivity index (χ3v) is 5.17. The standard InChI is InChI=1S/C16H22N2O4S/c1-6-16(4,5)22-15(21)11-9(12(19)8(2)3)7-23-14-10(17)13(20)18(11)14/h6,8,10,14H,1,7,17H2,2-5H3/t10?,14-/m0/s1. The van der Waals surface area contributed by atoms with Crippen molar-refractivity contribution in [3.05, 3.63) is 23.9 Å². The van der Waals surface area contributed by atoms with Crippen LogP contribution in [0, 0.1) is 5.92 Å². The zero-order valence-corrected chi connectivity index (χ0v) is 14.6. The molecule has 0 bridgehead atoms. The molecule has 0 aromatic rings. The lowest BCUT2D eigenvalue weighted by atomic mass is 9.96. The lowest BCUT2D eigenvalue weighted by molar-refractivity contribution is -0.156. The molecule has 0 saturated carbocycles. The number of carbonyl (C=O) groups excluding carboxylic acids is 3. The minimum atomic E-state index is -0.897. The van der Waals surface area contributed by atoms with Gasteiger partial charge < -0.3 is 10.5 Å². The van der Waals surface area contributed by atoms with Crippen LogP contribution in [0.2, 0.25) is 0 Å². The number of nitrogens with two attached hydrogens (primary N) is 1. The maximum absolute atomic E-state index is 12.6. The lowest BCUT2D eigenvalue weighted by Gasteiger charge is -2.48. The van der Waals surface area contributed by atoms with Crippen molar-refractivity contribution in [1.82, 2.24) is 4.90 Å². The van der Waals surface area contributed by atoms with Crippen LogP contribution in [0.15, 0.2) is 23.9 Å². The Bertz CT molecular complexity index is 609. The van der Waals surface area contributed by atoms with Crippen molar-refractivity contribution in [1.29, 1.82) is 0 Å². The van der Waals surface area contributed by atoms with Crippen LogP contribution < -0.4 is 5.73 Å². The van der Waals surface area contributed by atoms with E-state index in [1.807, 2.05) is 0 Å². The summed E-state index contributed by atoms with van der Waals surface area (Å²) in [5.74, 6) is -1.14. The fourth-order valence-electron chi connectivity index (χ4n) is 2.37. The van der Waals surface area contributed by atoms with E-state index in [0.29, 0.717) is 11.3 Å². The normalized spacial score (nSPS) is 24.3. The quantitative estimate of drug-likeness (QED) is 0.460. The van der Waals surface area contributed by atoms with E-state index in [2.05, 4.69) is 6.58 Å². The van der Waals surface area contributed by atoms with Crippen molar-refractivity contribution >= 4 is 29.4 Å². The molecule has 2 rings (SSSR count). The Hall–Kier alpha value is -1.60. The van der Waals surface area contributed by atoms with Crippen LogP contribution >= 0.6 is 11.8 Å². The van der Waals surface area contributed by atoms with Crippen LogP contribution in [0.4, 0.5) is 0 Å². The van der Waals surface area contributed by atoms with E-state index >= 15 is 0 Å². The molecule has 0 aromatic heterocycles. The SMILES string of the molecule is C=CC(C)(C)OC(=O)C1=C(C(=O)C(C)C)CS[C@H]2C(N)C(=O)N12. The smallest absolute Gasteiger partial charge is 0.356 e. The zero-order valence-electron chi connectivity index (χ0n) is 13.8.